The smallest absolute Gasteiger partial charge is 0.151 e. The van der Waals surface area contributed by atoms with Gasteiger partial charge in [-0.05, 0) is 26.3 Å². The van der Waals surface area contributed by atoms with Gasteiger partial charge in [-0.1, -0.05) is 0 Å². The van der Waals surface area contributed by atoms with E-state index in [1.54, 1.807) is 0 Å². The van der Waals surface area contributed by atoms with Crippen molar-refractivity contribution in [3.05, 3.63) is 0 Å². The molecule has 2 atom stereocenters. The van der Waals surface area contributed by atoms with Gasteiger partial charge in [-0.25, -0.2) is 8.42 Å². The molecule has 2 saturated heterocycles. The molecule has 2 aliphatic heterocycles. The van der Waals surface area contributed by atoms with E-state index in [4.69, 9.17) is 4.74 Å². The third kappa shape index (κ3) is 3.23. The number of hydrogen-bond acceptors (Lipinski definition) is 5. The van der Waals surface area contributed by atoms with Crippen LogP contribution in [0.4, 0.5) is 0 Å². The first kappa shape index (κ1) is 14.2. The molecular formula is C12H23NO4S. The number of aliphatic hydroxyl groups excluding tert-OH is 1. The molecule has 0 bridgehead atoms. The van der Waals surface area contributed by atoms with Gasteiger partial charge in [0.15, 0.2) is 9.84 Å². The van der Waals surface area contributed by atoms with E-state index < -0.39 is 9.84 Å². The first-order valence-electron chi connectivity index (χ1n) is 6.56. The van der Waals surface area contributed by atoms with Gasteiger partial charge in [-0.2, -0.15) is 0 Å². The lowest BCUT2D eigenvalue weighted by atomic mass is 9.82. The Morgan fingerprint density at radius 1 is 1.50 bits per heavy atom. The van der Waals surface area contributed by atoms with Crippen LogP contribution in [0.2, 0.25) is 0 Å². The number of ether oxygens (including phenoxy) is 1. The Morgan fingerprint density at radius 3 is 2.78 bits per heavy atom. The minimum Gasteiger partial charge on any atom is -0.396 e. The van der Waals surface area contributed by atoms with Crippen LogP contribution in [-0.4, -0.2) is 69.4 Å². The molecule has 106 valence electrons. The lowest BCUT2D eigenvalue weighted by Crippen LogP contribution is -2.47. The Bertz CT molecular complexity index is 376. The molecule has 0 aromatic heterocycles. The van der Waals surface area contributed by atoms with Crippen molar-refractivity contribution >= 4 is 9.84 Å². The van der Waals surface area contributed by atoms with Crippen LogP contribution in [0.1, 0.15) is 19.3 Å². The summed E-state index contributed by atoms with van der Waals surface area (Å²) < 4.78 is 28.4. The van der Waals surface area contributed by atoms with E-state index in [2.05, 4.69) is 4.90 Å². The first-order valence-corrected chi connectivity index (χ1v) is 8.38. The Kier molecular flexibility index (Phi) is 4.31. The SMILES string of the molecule is CN(CC1(CO)CCCOC1)C1CCS(=O)(=O)C1. The molecule has 5 nitrogen and oxygen atoms in total. The molecule has 0 amide bonds. The van der Waals surface area contributed by atoms with Crippen LogP contribution < -0.4 is 0 Å². The minimum atomic E-state index is -2.84. The molecular weight excluding hydrogens is 254 g/mol. The highest BCUT2D eigenvalue weighted by molar-refractivity contribution is 7.91. The highest BCUT2D eigenvalue weighted by atomic mass is 32.2. The standard InChI is InChI=1S/C12H23NO4S/c1-13(11-3-6-18(15,16)7-11)8-12(9-14)4-2-5-17-10-12/h11,14H,2-10H2,1H3. The monoisotopic (exact) mass is 277 g/mol. The van der Waals surface area contributed by atoms with E-state index in [0.29, 0.717) is 25.3 Å². The van der Waals surface area contributed by atoms with E-state index in [1.807, 2.05) is 7.05 Å². The summed E-state index contributed by atoms with van der Waals surface area (Å²) in [4.78, 5) is 2.09. The van der Waals surface area contributed by atoms with Crippen LogP contribution in [0.5, 0.6) is 0 Å². The van der Waals surface area contributed by atoms with Crippen LogP contribution in [0, 0.1) is 5.41 Å². The van der Waals surface area contributed by atoms with Crippen molar-refractivity contribution in [2.24, 2.45) is 5.41 Å². The molecule has 0 aromatic rings. The fourth-order valence-electron chi connectivity index (χ4n) is 2.99. The zero-order chi connectivity index (χ0) is 13.2. The molecule has 6 heteroatoms. The van der Waals surface area contributed by atoms with Gasteiger partial charge in [-0.15, -0.1) is 0 Å². The summed E-state index contributed by atoms with van der Waals surface area (Å²) in [6.07, 6.45) is 2.63. The van der Waals surface area contributed by atoms with E-state index in [0.717, 1.165) is 19.4 Å². The maximum absolute atomic E-state index is 11.5. The third-order valence-corrected chi connectivity index (χ3v) is 5.91. The van der Waals surface area contributed by atoms with Gasteiger partial charge in [0.1, 0.15) is 0 Å². The van der Waals surface area contributed by atoms with Crippen molar-refractivity contribution < 1.29 is 18.3 Å². The lowest BCUT2D eigenvalue weighted by Gasteiger charge is -2.39. The summed E-state index contributed by atoms with van der Waals surface area (Å²) >= 11 is 0. The summed E-state index contributed by atoms with van der Waals surface area (Å²) in [5.41, 5.74) is -0.209. The van der Waals surface area contributed by atoms with Gasteiger partial charge < -0.3 is 14.7 Å². The summed E-state index contributed by atoms with van der Waals surface area (Å²) in [7, 11) is -0.887. The largest absolute Gasteiger partial charge is 0.396 e. The molecule has 0 radical (unpaired) electrons. The Labute approximate surface area is 109 Å². The molecule has 2 rings (SSSR count). The van der Waals surface area contributed by atoms with Crippen molar-refractivity contribution in [3.63, 3.8) is 0 Å². The number of aliphatic hydroxyl groups is 1. The second-order valence-corrected chi connectivity index (χ2v) is 8.01. The van der Waals surface area contributed by atoms with Crippen LogP contribution in [0.3, 0.4) is 0 Å². The van der Waals surface area contributed by atoms with Crippen LogP contribution in [0.15, 0.2) is 0 Å². The van der Waals surface area contributed by atoms with Gasteiger partial charge in [0.25, 0.3) is 0 Å². The fourth-order valence-corrected chi connectivity index (χ4v) is 4.80. The lowest BCUT2D eigenvalue weighted by molar-refractivity contribution is -0.0558. The van der Waals surface area contributed by atoms with Crippen molar-refractivity contribution in [2.75, 3.05) is 44.9 Å². The molecule has 0 spiro atoms. The van der Waals surface area contributed by atoms with Crippen LogP contribution in [-0.2, 0) is 14.6 Å². The van der Waals surface area contributed by atoms with Crippen molar-refractivity contribution in [3.8, 4) is 0 Å². The van der Waals surface area contributed by atoms with E-state index in [-0.39, 0.29) is 23.8 Å². The predicted octanol–water partition coefficient (Wildman–Crippen LogP) is -0.106. The zero-order valence-electron chi connectivity index (χ0n) is 11.0. The van der Waals surface area contributed by atoms with Gasteiger partial charge >= 0.3 is 0 Å². The molecule has 2 heterocycles. The molecule has 2 aliphatic rings. The summed E-state index contributed by atoms with van der Waals surface area (Å²) in [5.74, 6) is 0.552. The molecule has 18 heavy (non-hydrogen) atoms. The molecule has 0 saturated carbocycles. The predicted molar refractivity (Wildman–Crippen MR) is 69.3 cm³/mol. The maximum Gasteiger partial charge on any atom is 0.151 e. The van der Waals surface area contributed by atoms with Gasteiger partial charge in [0.05, 0.1) is 24.7 Å². The number of hydrogen-bond donors (Lipinski definition) is 1. The molecule has 2 fully saturated rings. The number of nitrogens with zero attached hydrogens (tertiary/aromatic N) is 1. The van der Waals surface area contributed by atoms with Crippen LogP contribution >= 0.6 is 0 Å². The summed E-state index contributed by atoms with van der Waals surface area (Å²) in [6, 6.07) is 0.0975. The highest BCUT2D eigenvalue weighted by Gasteiger charge is 2.37. The van der Waals surface area contributed by atoms with E-state index in [1.165, 1.54) is 0 Å². The summed E-state index contributed by atoms with van der Waals surface area (Å²) in [5, 5.41) is 9.61. The van der Waals surface area contributed by atoms with E-state index in [9.17, 15) is 13.5 Å². The molecule has 0 aliphatic carbocycles. The molecule has 0 aromatic carbocycles. The van der Waals surface area contributed by atoms with E-state index >= 15 is 0 Å². The topological polar surface area (TPSA) is 66.8 Å². The number of sulfone groups is 1. The second-order valence-electron chi connectivity index (χ2n) is 5.79. The number of rotatable bonds is 4. The van der Waals surface area contributed by atoms with Gasteiger partial charge in [0, 0.05) is 24.6 Å². The van der Waals surface area contributed by atoms with Crippen molar-refractivity contribution in [2.45, 2.75) is 25.3 Å². The third-order valence-electron chi connectivity index (χ3n) is 4.16. The normalized spacial score (nSPS) is 36.1. The fraction of sp³-hybridized carbons (Fsp3) is 1.00. The zero-order valence-corrected chi connectivity index (χ0v) is 11.8. The van der Waals surface area contributed by atoms with Gasteiger partial charge in [0.2, 0.25) is 0 Å². The minimum absolute atomic E-state index is 0.0975. The van der Waals surface area contributed by atoms with Crippen molar-refractivity contribution in [1.82, 2.24) is 4.90 Å². The Hall–Kier alpha value is -0.170. The second kappa shape index (κ2) is 5.45. The quantitative estimate of drug-likeness (QED) is 0.777. The molecule has 2 unspecified atom stereocenters. The maximum atomic E-state index is 11.5. The van der Waals surface area contributed by atoms with Crippen LogP contribution in [0.25, 0.3) is 0 Å². The Balaban J connectivity index is 1.95. The summed E-state index contributed by atoms with van der Waals surface area (Å²) in [6.45, 7) is 2.16. The Morgan fingerprint density at radius 2 is 2.28 bits per heavy atom. The highest BCUT2D eigenvalue weighted by Crippen LogP contribution is 2.30. The molecule has 1 N–H and O–H groups in total. The average molecular weight is 277 g/mol. The average Bonchev–Trinajstić information content (AvgIpc) is 2.71. The van der Waals surface area contributed by atoms with Gasteiger partial charge in [-0.3, -0.25) is 0 Å². The van der Waals surface area contributed by atoms with Crippen molar-refractivity contribution in [1.29, 1.82) is 0 Å². The first-order chi connectivity index (χ1) is 8.46.